The summed E-state index contributed by atoms with van der Waals surface area (Å²) < 4.78 is 0. The van der Waals surface area contributed by atoms with Crippen LogP contribution in [0.2, 0.25) is 0 Å². The van der Waals surface area contributed by atoms with Crippen molar-refractivity contribution in [2.45, 2.75) is 58.4 Å². The van der Waals surface area contributed by atoms with Crippen molar-refractivity contribution in [1.82, 2.24) is 10.2 Å². The van der Waals surface area contributed by atoms with Crippen molar-refractivity contribution >= 4 is 0 Å². The van der Waals surface area contributed by atoms with Gasteiger partial charge in [-0.1, -0.05) is 13.8 Å². The van der Waals surface area contributed by atoms with E-state index in [2.05, 4.69) is 24.1 Å². The van der Waals surface area contributed by atoms with E-state index in [9.17, 15) is 0 Å². The Morgan fingerprint density at radius 3 is 2.38 bits per heavy atom. The number of rotatable bonds is 6. The molecule has 0 aromatic heterocycles. The first-order valence-corrected chi connectivity index (χ1v) is 7.24. The van der Waals surface area contributed by atoms with Gasteiger partial charge in [0.05, 0.1) is 0 Å². The van der Waals surface area contributed by atoms with E-state index in [1.807, 2.05) is 0 Å². The molecule has 0 atom stereocenters. The molecule has 0 aromatic rings. The van der Waals surface area contributed by atoms with E-state index in [0.717, 1.165) is 6.04 Å². The van der Waals surface area contributed by atoms with E-state index in [1.54, 1.807) is 0 Å². The van der Waals surface area contributed by atoms with Crippen LogP contribution in [0.3, 0.4) is 0 Å². The Morgan fingerprint density at radius 1 is 1.19 bits per heavy atom. The third kappa shape index (κ3) is 3.21. The number of piperidine rings is 1. The molecule has 1 heterocycles. The van der Waals surface area contributed by atoms with Crippen LogP contribution in [0.4, 0.5) is 0 Å². The van der Waals surface area contributed by atoms with Crippen molar-refractivity contribution in [3.05, 3.63) is 0 Å². The number of likely N-dealkylation sites (tertiary alicyclic amines) is 1. The van der Waals surface area contributed by atoms with Crippen LogP contribution in [0.25, 0.3) is 0 Å². The van der Waals surface area contributed by atoms with Crippen LogP contribution in [-0.4, -0.2) is 37.1 Å². The highest BCUT2D eigenvalue weighted by atomic mass is 15.1. The quantitative estimate of drug-likeness (QED) is 0.746. The molecule has 2 nitrogen and oxygen atoms in total. The fraction of sp³-hybridized carbons (Fsp3) is 1.00. The minimum Gasteiger partial charge on any atom is -0.313 e. The van der Waals surface area contributed by atoms with Gasteiger partial charge in [0.25, 0.3) is 0 Å². The lowest BCUT2D eigenvalue weighted by Gasteiger charge is -2.33. The van der Waals surface area contributed by atoms with Crippen molar-refractivity contribution in [2.75, 3.05) is 26.2 Å². The summed E-state index contributed by atoms with van der Waals surface area (Å²) in [6, 6.07) is 0.803. The monoisotopic (exact) mass is 224 g/mol. The maximum atomic E-state index is 3.81. The van der Waals surface area contributed by atoms with E-state index >= 15 is 0 Å². The molecular formula is C14H28N2. The van der Waals surface area contributed by atoms with Gasteiger partial charge < -0.3 is 10.2 Å². The molecule has 2 rings (SSSR count). The van der Waals surface area contributed by atoms with E-state index in [1.165, 1.54) is 64.7 Å². The van der Waals surface area contributed by atoms with Gasteiger partial charge in [0, 0.05) is 12.6 Å². The molecule has 0 unspecified atom stereocenters. The van der Waals surface area contributed by atoms with Gasteiger partial charge >= 0.3 is 0 Å². The van der Waals surface area contributed by atoms with Crippen molar-refractivity contribution in [3.8, 4) is 0 Å². The highest BCUT2D eigenvalue weighted by Crippen LogP contribution is 2.48. The Morgan fingerprint density at radius 2 is 1.88 bits per heavy atom. The molecule has 0 spiro atoms. The molecule has 1 saturated carbocycles. The molecule has 1 N–H and O–H groups in total. The molecule has 2 heteroatoms. The molecule has 0 amide bonds. The van der Waals surface area contributed by atoms with Crippen molar-refractivity contribution < 1.29 is 0 Å². The minimum absolute atomic E-state index is 0.709. The maximum absolute atomic E-state index is 3.81. The zero-order valence-corrected chi connectivity index (χ0v) is 11.1. The van der Waals surface area contributed by atoms with Crippen molar-refractivity contribution in [3.63, 3.8) is 0 Å². The van der Waals surface area contributed by atoms with Gasteiger partial charge in [0.15, 0.2) is 0 Å². The molecule has 1 saturated heterocycles. The van der Waals surface area contributed by atoms with Crippen LogP contribution >= 0.6 is 0 Å². The average molecular weight is 224 g/mol. The smallest absolute Gasteiger partial charge is 0.00916 e. The lowest BCUT2D eigenvalue weighted by atomic mass is 10.0. The van der Waals surface area contributed by atoms with Crippen LogP contribution in [0.15, 0.2) is 0 Å². The van der Waals surface area contributed by atoms with Gasteiger partial charge in [-0.05, 0) is 63.6 Å². The molecular weight excluding hydrogens is 196 g/mol. The van der Waals surface area contributed by atoms with Gasteiger partial charge in [-0.15, -0.1) is 0 Å². The second-order valence-electron chi connectivity index (χ2n) is 5.85. The second-order valence-corrected chi connectivity index (χ2v) is 5.85. The van der Waals surface area contributed by atoms with Gasteiger partial charge in [0.1, 0.15) is 0 Å². The summed E-state index contributed by atoms with van der Waals surface area (Å²) in [6.45, 7) is 9.82. The Kier molecular flexibility index (Phi) is 4.26. The topological polar surface area (TPSA) is 15.3 Å². The number of hydrogen-bond donors (Lipinski definition) is 1. The first-order valence-electron chi connectivity index (χ1n) is 7.24. The van der Waals surface area contributed by atoms with E-state index in [4.69, 9.17) is 0 Å². The van der Waals surface area contributed by atoms with Crippen LogP contribution in [-0.2, 0) is 0 Å². The van der Waals surface area contributed by atoms with Crippen LogP contribution in [0.5, 0.6) is 0 Å². The Hall–Kier alpha value is -0.0800. The summed E-state index contributed by atoms with van der Waals surface area (Å²) in [5.41, 5.74) is 0.709. The first kappa shape index (κ1) is 12.4. The fourth-order valence-electron chi connectivity index (χ4n) is 2.87. The van der Waals surface area contributed by atoms with Gasteiger partial charge in [0.2, 0.25) is 0 Å². The fourth-order valence-corrected chi connectivity index (χ4v) is 2.87. The Bertz CT molecular complexity index is 203. The highest BCUT2D eigenvalue weighted by molar-refractivity contribution is 4.94. The zero-order valence-electron chi connectivity index (χ0n) is 11.1. The second kappa shape index (κ2) is 5.50. The van der Waals surface area contributed by atoms with Crippen molar-refractivity contribution in [1.29, 1.82) is 0 Å². The first-order chi connectivity index (χ1) is 7.78. The molecule has 2 aliphatic rings. The normalized spacial score (nSPS) is 25.9. The minimum atomic E-state index is 0.709. The van der Waals surface area contributed by atoms with E-state index in [-0.39, 0.29) is 0 Å². The summed E-state index contributed by atoms with van der Waals surface area (Å²) in [4.78, 5) is 2.62. The summed E-state index contributed by atoms with van der Waals surface area (Å²) in [6.07, 6.45) is 8.32. The van der Waals surface area contributed by atoms with Crippen LogP contribution in [0.1, 0.15) is 52.4 Å². The number of nitrogens with one attached hydrogen (secondary N) is 1. The molecule has 16 heavy (non-hydrogen) atoms. The predicted octanol–water partition coefficient (Wildman–Crippen LogP) is 2.64. The average Bonchev–Trinajstić information content (AvgIpc) is 3.09. The molecule has 1 aliphatic heterocycles. The molecule has 2 fully saturated rings. The van der Waals surface area contributed by atoms with Gasteiger partial charge in [-0.25, -0.2) is 0 Å². The summed E-state index contributed by atoms with van der Waals surface area (Å²) >= 11 is 0. The Labute approximate surface area is 101 Å². The zero-order chi connectivity index (χ0) is 11.4. The lowest BCUT2D eigenvalue weighted by molar-refractivity contribution is 0.193. The van der Waals surface area contributed by atoms with Gasteiger partial charge in [-0.3, -0.25) is 0 Å². The SMILES string of the molecule is CCCN1CCC(NCC2(CC)CC2)CC1. The van der Waals surface area contributed by atoms with Gasteiger partial charge in [-0.2, -0.15) is 0 Å². The van der Waals surface area contributed by atoms with Crippen molar-refractivity contribution in [2.24, 2.45) is 5.41 Å². The standard InChI is InChI=1S/C14H28N2/c1-3-9-16-10-5-13(6-11-16)15-12-14(4-2)7-8-14/h13,15H,3-12H2,1-2H3. The third-order valence-electron chi connectivity index (χ3n) is 4.60. The molecule has 0 aromatic carbocycles. The van der Waals surface area contributed by atoms with Crippen LogP contribution < -0.4 is 5.32 Å². The Balaban J connectivity index is 1.62. The summed E-state index contributed by atoms with van der Waals surface area (Å²) in [5.74, 6) is 0. The largest absolute Gasteiger partial charge is 0.313 e. The lowest BCUT2D eigenvalue weighted by Crippen LogP contribution is -2.44. The summed E-state index contributed by atoms with van der Waals surface area (Å²) in [7, 11) is 0. The molecule has 0 bridgehead atoms. The highest BCUT2D eigenvalue weighted by Gasteiger charge is 2.40. The number of nitrogens with zero attached hydrogens (tertiary/aromatic N) is 1. The van der Waals surface area contributed by atoms with E-state index < -0.39 is 0 Å². The molecule has 94 valence electrons. The predicted molar refractivity (Wildman–Crippen MR) is 69.7 cm³/mol. The van der Waals surface area contributed by atoms with Crippen LogP contribution in [0, 0.1) is 5.41 Å². The maximum Gasteiger partial charge on any atom is 0.00916 e. The third-order valence-corrected chi connectivity index (χ3v) is 4.60. The number of hydrogen-bond acceptors (Lipinski definition) is 2. The van der Waals surface area contributed by atoms with E-state index in [0.29, 0.717) is 5.41 Å². The molecule has 0 radical (unpaired) electrons. The summed E-state index contributed by atoms with van der Waals surface area (Å²) in [5, 5.41) is 3.81. The molecule has 1 aliphatic carbocycles.